The van der Waals surface area contributed by atoms with Crippen molar-refractivity contribution in [1.29, 1.82) is 0 Å². The average Bonchev–Trinajstić information content (AvgIpc) is 2.49. The third-order valence-corrected chi connectivity index (χ3v) is 3.89. The van der Waals surface area contributed by atoms with Crippen LogP contribution >= 0.6 is 22.6 Å². The van der Waals surface area contributed by atoms with Gasteiger partial charge in [0, 0.05) is 15.8 Å². The van der Waals surface area contributed by atoms with Crippen molar-refractivity contribution in [2.75, 3.05) is 5.32 Å². The van der Waals surface area contributed by atoms with Gasteiger partial charge in [-0.2, -0.15) is 0 Å². The van der Waals surface area contributed by atoms with Crippen LogP contribution in [0.15, 0.2) is 42.5 Å². The zero-order valence-corrected chi connectivity index (χ0v) is 14.6. The Morgan fingerprint density at radius 3 is 2.32 bits per heavy atom. The van der Waals surface area contributed by atoms with Gasteiger partial charge >= 0.3 is 11.8 Å². The molecular weight excluding hydrogens is 391 g/mol. The summed E-state index contributed by atoms with van der Waals surface area (Å²) >= 11 is 2.20. The van der Waals surface area contributed by atoms with Gasteiger partial charge in [-0.25, -0.2) is 0 Å². The summed E-state index contributed by atoms with van der Waals surface area (Å²) in [6.45, 7) is 4.22. The summed E-state index contributed by atoms with van der Waals surface area (Å²) in [5, 5.41) is 5.25. The highest BCUT2D eigenvalue weighted by Crippen LogP contribution is 2.17. The standard InChI is InChI=1S/C17H17IN2O2/c1-11-3-5-13(6-4-11)10-19-16(21)17(22)20-15-8-7-14(18)9-12(15)2/h3-9H,10H2,1-2H3,(H,19,21)(H,20,22). The van der Waals surface area contributed by atoms with E-state index in [0.29, 0.717) is 12.2 Å². The fourth-order valence-electron chi connectivity index (χ4n) is 1.91. The van der Waals surface area contributed by atoms with Crippen LogP contribution in [0.25, 0.3) is 0 Å². The lowest BCUT2D eigenvalue weighted by Crippen LogP contribution is -2.35. The Labute approximate surface area is 143 Å². The summed E-state index contributed by atoms with van der Waals surface area (Å²) in [7, 11) is 0. The number of anilines is 1. The van der Waals surface area contributed by atoms with Gasteiger partial charge in [0.2, 0.25) is 0 Å². The first-order chi connectivity index (χ1) is 10.5. The molecule has 0 spiro atoms. The van der Waals surface area contributed by atoms with Crippen molar-refractivity contribution < 1.29 is 9.59 Å². The molecule has 0 aliphatic heterocycles. The molecule has 4 nitrogen and oxygen atoms in total. The smallest absolute Gasteiger partial charge is 0.313 e. The number of hydrogen-bond acceptors (Lipinski definition) is 2. The van der Waals surface area contributed by atoms with Crippen LogP contribution in [-0.2, 0) is 16.1 Å². The number of carbonyl (C=O) groups excluding carboxylic acids is 2. The second kappa shape index (κ2) is 7.40. The SMILES string of the molecule is Cc1ccc(CNC(=O)C(=O)Nc2ccc(I)cc2C)cc1. The van der Waals surface area contributed by atoms with E-state index in [2.05, 4.69) is 33.2 Å². The molecule has 0 bridgehead atoms. The maximum absolute atomic E-state index is 11.9. The van der Waals surface area contributed by atoms with Crippen molar-refractivity contribution in [1.82, 2.24) is 5.32 Å². The molecule has 5 heteroatoms. The van der Waals surface area contributed by atoms with Crippen LogP contribution < -0.4 is 10.6 Å². The Kier molecular flexibility index (Phi) is 5.54. The first-order valence-corrected chi connectivity index (χ1v) is 7.94. The molecule has 2 aromatic carbocycles. The normalized spacial score (nSPS) is 10.1. The van der Waals surface area contributed by atoms with Crippen molar-refractivity contribution in [3.05, 3.63) is 62.7 Å². The molecule has 2 rings (SSSR count). The van der Waals surface area contributed by atoms with Crippen LogP contribution in [0.5, 0.6) is 0 Å². The van der Waals surface area contributed by atoms with E-state index >= 15 is 0 Å². The minimum Gasteiger partial charge on any atom is -0.344 e. The van der Waals surface area contributed by atoms with E-state index in [-0.39, 0.29) is 0 Å². The summed E-state index contributed by atoms with van der Waals surface area (Å²) in [6.07, 6.45) is 0. The van der Waals surface area contributed by atoms with E-state index in [1.54, 1.807) is 6.07 Å². The van der Waals surface area contributed by atoms with Crippen LogP contribution in [0.3, 0.4) is 0 Å². The monoisotopic (exact) mass is 408 g/mol. The summed E-state index contributed by atoms with van der Waals surface area (Å²) < 4.78 is 1.08. The third-order valence-electron chi connectivity index (χ3n) is 3.22. The minimum atomic E-state index is -0.656. The Morgan fingerprint density at radius 1 is 1.00 bits per heavy atom. The summed E-state index contributed by atoms with van der Waals surface area (Å²) in [4.78, 5) is 23.7. The fraction of sp³-hybridized carbons (Fsp3) is 0.176. The summed E-state index contributed by atoms with van der Waals surface area (Å²) in [6, 6.07) is 13.4. The van der Waals surface area contributed by atoms with E-state index in [1.807, 2.05) is 50.2 Å². The van der Waals surface area contributed by atoms with Crippen molar-refractivity contribution in [2.24, 2.45) is 0 Å². The second-order valence-electron chi connectivity index (χ2n) is 5.08. The van der Waals surface area contributed by atoms with Gasteiger partial charge in [-0.1, -0.05) is 29.8 Å². The molecular formula is C17H17IN2O2. The number of benzene rings is 2. The van der Waals surface area contributed by atoms with Crippen molar-refractivity contribution in [2.45, 2.75) is 20.4 Å². The lowest BCUT2D eigenvalue weighted by Gasteiger charge is -2.09. The molecule has 0 saturated heterocycles. The molecule has 22 heavy (non-hydrogen) atoms. The van der Waals surface area contributed by atoms with Crippen LogP contribution in [0, 0.1) is 17.4 Å². The molecule has 0 unspecified atom stereocenters. The van der Waals surface area contributed by atoms with Crippen LogP contribution in [0.4, 0.5) is 5.69 Å². The Balaban J connectivity index is 1.92. The largest absolute Gasteiger partial charge is 0.344 e. The van der Waals surface area contributed by atoms with E-state index in [1.165, 1.54) is 0 Å². The van der Waals surface area contributed by atoms with Crippen LogP contribution in [-0.4, -0.2) is 11.8 Å². The fourth-order valence-corrected chi connectivity index (χ4v) is 2.56. The van der Waals surface area contributed by atoms with Crippen molar-refractivity contribution >= 4 is 40.1 Å². The molecule has 2 amide bonds. The number of hydrogen-bond donors (Lipinski definition) is 2. The predicted octanol–water partition coefficient (Wildman–Crippen LogP) is 3.16. The predicted molar refractivity (Wildman–Crippen MR) is 95.6 cm³/mol. The number of nitrogens with one attached hydrogen (secondary N) is 2. The number of rotatable bonds is 3. The van der Waals surface area contributed by atoms with Gasteiger partial charge in [0.25, 0.3) is 0 Å². The molecule has 0 aliphatic rings. The topological polar surface area (TPSA) is 58.2 Å². The van der Waals surface area contributed by atoms with Gasteiger partial charge in [-0.3, -0.25) is 9.59 Å². The van der Waals surface area contributed by atoms with Gasteiger partial charge in [0.05, 0.1) is 0 Å². The van der Waals surface area contributed by atoms with Gasteiger partial charge in [0.15, 0.2) is 0 Å². The highest BCUT2D eigenvalue weighted by Gasteiger charge is 2.14. The molecule has 2 aromatic rings. The van der Waals surface area contributed by atoms with Gasteiger partial charge in [-0.05, 0) is 65.8 Å². The van der Waals surface area contributed by atoms with Gasteiger partial charge in [0.1, 0.15) is 0 Å². The quantitative estimate of drug-likeness (QED) is 0.606. The number of aryl methyl sites for hydroxylation is 2. The lowest BCUT2D eigenvalue weighted by molar-refractivity contribution is -0.136. The molecule has 0 aliphatic carbocycles. The first kappa shape index (κ1) is 16.5. The average molecular weight is 408 g/mol. The molecule has 0 saturated carbocycles. The zero-order valence-electron chi connectivity index (χ0n) is 12.4. The molecule has 0 atom stereocenters. The molecule has 0 radical (unpaired) electrons. The number of amides is 2. The highest BCUT2D eigenvalue weighted by molar-refractivity contribution is 14.1. The maximum Gasteiger partial charge on any atom is 0.313 e. The third kappa shape index (κ3) is 4.56. The number of halogens is 1. The van der Waals surface area contributed by atoms with E-state index < -0.39 is 11.8 Å². The lowest BCUT2D eigenvalue weighted by atomic mass is 10.1. The van der Waals surface area contributed by atoms with Gasteiger partial charge in [-0.15, -0.1) is 0 Å². The molecule has 114 valence electrons. The number of carbonyl (C=O) groups is 2. The van der Waals surface area contributed by atoms with Gasteiger partial charge < -0.3 is 10.6 Å². The highest BCUT2D eigenvalue weighted by atomic mass is 127. The Bertz CT molecular complexity index is 696. The van der Waals surface area contributed by atoms with Crippen molar-refractivity contribution in [3.63, 3.8) is 0 Å². The minimum absolute atomic E-state index is 0.332. The van der Waals surface area contributed by atoms with E-state index in [0.717, 1.165) is 20.3 Å². The second-order valence-corrected chi connectivity index (χ2v) is 6.33. The summed E-state index contributed by atoms with van der Waals surface area (Å²) in [5.74, 6) is -1.30. The molecule has 0 aromatic heterocycles. The van der Waals surface area contributed by atoms with E-state index in [4.69, 9.17) is 0 Å². The Hall–Kier alpha value is -1.89. The van der Waals surface area contributed by atoms with Crippen molar-refractivity contribution in [3.8, 4) is 0 Å². The Morgan fingerprint density at radius 2 is 1.68 bits per heavy atom. The zero-order chi connectivity index (χ0) is 16.1. The molecule has 0 heterocycles. The summed E-state index contributed by atoms with van der Waals surface area (Å²) in [5.41, 5.74) is 3.68. The van der Waals surface area contributed by atoms with Crippen LogP contribution in [0.2, 0.25) is 0 Å². The van der Waals surface area contributed by atoms with Crippen LogP contribution in [0.1, 0.15) is 16.7 Å². The molecule has 2 N–H and O–H groups in total. The molecule has 0 fully saturated rings. The maximum atomic E-state index is 11.9. The first-order valence-electron chi connectivity index (χ1n) is 6.86. The van der Waals surface area contributed by atoms with E-state index in [9.17, 15) is 9.59 Å².